The van der Waals surface area contributed by atoms with Crippen LogP contribution in [0.15, 0.2) is 60.7 Å². The van der Waals surface area contributed by atoms with E-state index in [4.69, 9.17) is 14.7 Å². The maximum absolute atomic E-state index is 13.0. The first-order chi connectivity index (χ1) is 16.3. The Morgan fingerprint density at radius 3 is 2.44 bits per heavy atom. The van der Waals surface area contributed by atoms with Gasteiger partial charge in [0.2, 0.25) is 0 Å². The van der Waals surface area contributed by atoms with E-state index in [0.717, 1.165) is 17.7 Å². The molecule has 3 aromatic rings. The van der Waals surface area contributed by atoms with Crippen molar-refractivity contribution >= 4 is 23.2 Å². The number of halogens is 3. The highest BCUT2D eigenvalue weighted by Gasteiger charge is 2.33. The fraction of sp³-hybridized carbons (Fsp3) is 0.154. The molecule has 5 nitrogen and oxygen atoms in total. The van der Waals surface area contributed by atoms with Crippen LogP contribution in [0.1, 0.15) is 34.7 Å². The molecular formula is C26H19F3N2O3. The number of alkyl halides is 3. The predicted molar refractivity (Wildman–Crippen MR) is 121 cm³/mol. The van der Waals surface area contributed by atoms with E-state index in [9.17, 15) is 18.0 Å². The minimum Gasteiger partial charge on any atom is -0.490 e. The van der Waals surface area contributed by atoms with Gasteiger partial charge in [0.25, 0.3) is 5.91 Å². The molecule has 0 atom stereocenters. The van der Waals surface area contributed by atoms with E-state index in [-0.39, 0.29) is 17.9 Å². The zero-order chi connectivity index (χ0) is 24.3. The highest BCUT2D eigenvalue weighted by Crippen LogP contribution is 2.39. The number of carbonyl (C=O) groups excluding carboxylic acids is 1. The van der Waals surface area contributed by atoms with Crippen molar-refractivity contribution in [2.75, 3.05) is 11.9 Å². The van der Waals surface area contributed by atoms with Crippen molar-refractivity contribution in [3.05, 3.63) is 88.5 Å². The number of fused-ring (bicyclic) bond motifs is 1. The molecule has 0 bridgehead atoms. The Bertz CT molecular complexity index is 1310. The number of hydrogen-bond donors (Lipinski definition) is 1. The second-order valence-corrected chi connectivity index (χ2v) is 7.51. The molecule has 0 saturated carbocycles. The Kier molecular flexibility index (Phi) is 6.28. The van der Waals surface area contributed by atoms with Crippen LogP contribution < -0.4 is 14.8 Å². The summed E-state index contributed by atoms with van der Waals surface area (Å²) in [6.45, 7) is 2.48. The summed E-state index contributed by atoms with van der Waals surface area (Å²) in [7, 11) is 0. The molecule has 1 amide bonds. The van der Waals surface area contributed by atoms with Crippen LogP contribution in [0.5, 0.6) is 11.5 Å². The molecule has 1 aliphatic heterocycles. The molecule has 0 radical (unpaired) electrons. The third-order valence-electron chi connectivity index (χ3n) is 5.19. The molecule has 0 unspecified atom stereocenters. The van der Waals surface area contributed by atoms with Crippen LogP contribution in [0, 0.1) is 11.3 Å². The predicted octanol–water partition coefficient (Wildman–Crippen LogP) is 6.05. The lowest BCUT2D eigenvalue weighted by atomic mass is 10.0. The lowest BCUT2D eigenvalue weighted by molar-refractivity contribution is -0.137. The summed E-state index contributed by atoms with van der Waals surface area (Å²) in [5.41, 5.74) is 2.03. The number of nitriles is 1. The van der Waals surface area contributed by atoms with Crippen LogP contribution in [-0.4, -0.2) is 12.5 Å². The molecule has 1 heterocycles. The van der Waals surface area contributed by atoms with Gasteiger partial charge in [-0.05, 0) is 60.5 Å². The van der Waals surface area contributed by atoms with Crippen molar-refractivity contribution in [3.63, 3.8) is 0 Å². The fourth-order valence-corrected chi connectivity index (χ4v) is 3.52. The summed E-state index contributed by atoms with van der Waals surface area (Å²) < 4.78 is 50.6. The first-order valence-electron chi connectivity index (χ1n) is 10.4. The number of ether oxygens (including phenoxy) is 2. The molecule has 1 N–H and O–H groups in total. The van der Waals surface area contributed by atoms with Crippen LogP contribution in [0.2, 0.25) is 0 Å². The smallest absolute Gasteiger partial charge is 0.416 e. The van der Waals surface area contributed by atoms with E-state index in [1.807, 2.05) is 6.92 Å². The van der Waals surface area contributed by atoms with Crippen LogP contribution in [0.3, 0.4) is 0 Å². The first kappa shape index (κ1) is 22.9. The minimum atomic E-state index is -4.49. The summed E-state index contributed by atoms with van der Waals surface area (Å²) in [5, 5.41) is 11.4. The lowest BCUT2D eigenvalue weighted by Crippen LogP contribution is -2.06. The zero-order valence-corrected chi connectivity index (χ0v) is 18.1. The summed E-state index contributed by atoms with van der Waals surface area (Å²) >= 11 is 0. The van der Waals surface area contributed by atoms with Gasteiger partial charge >= 0.3 is 6.18 Å². The first-order valence-corrected chi connectivity index (χ1v) is 10.4. The van der Waals surface area contributed by atoms with E-state index < -0.39 is 17.6 Å². The van der Waals surface area contributed by atoms with Gasteiger partial charge < -0.3 is 14.8 Å². The number of nitrogens with zero attached hydrogens (tertiary/aromatic N) is 1. The molecule has 8 heteroatoms. The van der Waals surface area contributed by atoms with Crippen molar-refractivity contribution in [2.24, 2.45) is 0 Å². The zero-order valence-electron chi connectivity index (χ0n) is 18.1. The molecule has 1 aliphatic rings. The molecule has 4 rings (SSSR count). The number of nitrogens with one attached hydrogen (secondary N) is 1. The second-order valence-electron chi connectivity index (χ2n) is 7.51. The fourth-order valence-electron chi connectivity index (χ4n) is 3.52. The number of hydrogen-bond acceptors (Lipinski definition) is 4. The molecule has 0 fully saturated rings. The van der Waals surface area contributed by atoms with Crippen molar-refractivity contribution in [1.82, 2.24) is 0 Å². The number of benzene rings is 3. The number of rotatable bonds is 6. The Balaban J connectivity index is 1.59. The molecule has 0 aromatic heterocycles. The van der Waals surface area contributed by atoms with Gasteiger partial charge in [0, 0.05) is 16.8 Å². The normalized spacial score (nSPS) is 13.9. The molecule has 0 saturated heterocycles. The van der Waals surface area contributed by atoms with Gasteiger partial charge in [-0.2, -0.15) is 18.4 Å². The molecule has 0 spiro atoms. The van der Waals surface area contributed by atoms with E-state index in [1.165, 1.54) is 6.07 Å². The van der Waals surface area contributed by atoms with Gasteiger partial charge in [0.1, 0.15) is 6.61 Å². The average molecular weight is 464 g/mol. The van der Waals surface area contributed by atoms with E-state index in [2.05, 4.69) is 11.4 Å². The highest BCUT2D eigenvalue weighted by atomic mass is 19.4. The average Bonchev–Trinajstić information content (AvgIpc) is 3.12. The van der Waals surface area contributed by atoms with Crippen molar-refractivity contribution in [3.8, 4) is 17.6 Å². The van der Waals surface area contributed by atoms with Crippen molar-refractivity contribution < 1.29 is 27.4 Å². The SMILES string of the molecule is CCOc1cc(/C=C2/C(=O)Nc3cc(C(F)(F)F)ccc32)ccc1OCc1ccc(C#N)cc1. The summed E-state index contributed by atoms with van der Waals surface area (Å²) in [6.07, 6.45) is -2.90. The summed E-state index contributed by atoms with van der Waals surface area (Å²) in [6, 6.07) is 17.4. The third-order valence-corrected chi connectivity index (χ3v) is 5.19. The highest BCUT2D eigenvalue weighted by molar-refractivity contribution is 6.34. The van der Waals surface area contributed by atoms with Crippen molar-refractivity contribution in [2.45, 2.75) is 19.7 Å². The standard InChI is InChI=1S/C26H19F3N2O3/c1-2-33-24-12-18(7-10-23(24)34-15-17-5-3-16(14-30)4-6-17)11-21-20-9-8-19(26(27,28)29)13-22(20)31-25(21)32/h3-13H,2,15H2,1H3,(H,31,32)/b21-11+. The van der Waals surface area contributed by atoms with E-state index in [0.29, 0.717) is 34.8 Å². The van der Waals surface area contributed by atoms with Crippen LogP contribution >= 0.6 is 0 Å². The van der Waals surface area contributed by atoms with Gasteiger partial charge in [-0.25, -0.2) is 0 Å². The van der Waals surface area contributed by atoms with Gasteiger partial charge in [-0.1, -0.05) is 24.3 Å². The number of carbonyl (C=O) groups is 1. The molecule has 0 aliphatic carbocycles. The molecular weight excluding hydrogens is 445 g/mol. The van der Waals surface area contributed by atoms with Gasteiger partial charge in [0.05, 0.1) is 23.8 Å². The van der Waals surface area contributed by atoms with Gasteiger partial charge in [-0.3, -0.25) is 4.79 Å². The van der Waals surface area contributed by atoms with Gasteiger partial charge in [0.15, 0.2) is 11.5 Å². The minimum absolute atomic E-state index is 0.124. The van der Waals surface area contributed by atoms with Crippen molar-refractivity contribution in [1.29, 1.82) is 5.26 Å². The molecule has 3 aromatic carbocycles. The van der Waals surface area contributed by atoms with E-state index in [1.54, 1.807) is 48.5 Å². The Morgan fingerprint density at radius 2 is 1.76 bits per heavy atom. The molecule has 172 valence electrons. The number of amides is 1. The Morgan fingerprint density at radius 1 is 1.00 bits per heavy atom. The second kappa shape index (κ2) is 9.32. The summed E-state index contributed by atoms with van der Waals surface area (Å²) in [5.74, 6) is 0.490. The third kappa shape index (κ3) is 4.89. The number of anilines is 1. The van der Waals surface area contributed by atoms with E-state index >= 15 is 0 Å². The Labute approximate surface area is 194 Å². The monoisotopic (exact) mass is 464 g/mol. The van der Waals surface area contributed by atoms with Gasteiger partial charge in [-0.15, -0.1) is 0 Å². The topological polar surface area (TPSA) is 71.3 Å². The largest absolute Gasteiger partial charge is 0.490 e. The van der Waals surface area contributed by atoms with Crippen LogP contribution in [0.25, 0.3) is 11.6 Å². The molecule has 34 heavy (non-hydrogen) atoms. The van der Waals surface area contributed by atoms with Crippen LogP contribution in [-0.2, 0) is 17.6 Å². The summed E-state index contributed by atoms with van der Waals surface area (Å²) in [4.78, 5) is 12.4. The maximum Gasteiger partial charge on any atom is 0.416 e. The quantitative estimate of drug-likeness (QED) is 0.451. The Hall–Kier alpha value is -4.25. The lowest BCUT2D eigenvalue weighted by Gasteiger charge is -2.13. The maximum atomic E-state index is 13.0. The van der Waals surface area contributed by atoms with Crippen LogP contribution in [0.4, 0.5) is 18.9 Å².